The van der Waals surface area contributed by atoms with Crippen molar-refractivity contribution < 1.29 is 9.53 Å². The van der Waals surface area contributed by atoms with Gasteiger partial charge in [-0.2, -0.15) is 5.10 Å². The zero-order chi connectivity index (χ0) is 15.7. The van der Waals surface area contributed by atoms with Gasteiger partial charge in [0.05, 0.1) is 13.7 Å². The fourth-order valence-corrected chi connectivity index (χ4v) is 2.74. The number of likely N-dealkylation sites (tertiary alicyclic amines) is 1. The van der Waals surface area contributed by atoms with Gasteiger partial charge in [0.2, 0.25) is 5.91 Å². The third-order valence-corrected chi connectivity index (χ3v) is 3.99. The van der Waals surface area contributed by atoms with Crippen LogP contribution in [0.2, 0.25) is 0 Å². The SMILES string of the molecule is COc1ccc(Cn2c([C@H]3CC(=O)N(C)C3)n[nH]c2=O)cc1. The van der Waals surface area contributed by atoms with Crippen molar-refractivity contribution >= 4 is 5.91 Å². The first-order valence-corrected chi connectivity index (χ1v) is 7.10. The maximum Gasteiger partial charge on any atom is 0.343 e. The number of aromatic amines is 1. The molecule has 0 spiro atoms. The van der Waals surface area contributed by atoms with Crippen molar-refractivity contribution in [3.63, 3.8) is 0 Å². The van der Waals surface area contributed by atoms with Crippen LogP contribution in [0.1, 0.15) is 23.7 Å². The van der Waals surface area contributed by atoms with E-state index in [2.05, 4.69) is 10.2 Å². The molecule has 2 heterocycles. The van der Waals surface area contributed by atoms with E-state index in [0.29, 0.717) is 25.3 Å². The molecule has 1 aliphatic heterocycles. The monoisotopic (exact) mass is 302 g/mol. The number of benzene rings is 1. The highest BCUT2D eigenvalue weighted by atomic mass is 16.5. The van der Waals surface area contributed by atoms with Gasteiger partial charge in [-0.25, -0.2) is 9.89 Å². The van der Waals surface area contributed by atoms with Crippen LogP contribution < -0.4 is 10.4 Å². The molecule has 1 aromatic carbocycles. The fraction of sp³-hybridized carbons (Fsp3) is 0.400. The first kappa shape index (κ1) is 14.4. The number of amides is 1. The fourth-order valence-electron chi connectivity index (χ4n) is 2.74. The second-order valence-corrected chi connectivity index (χ2v) is 5.50. The van der Waals surface area contributed by atoms with E-state index >= 15 is 0 Å². The van der Waals surface area contributed by atoms with Gasteiger partial charge in [0.1, 0.15) is 11.6 Å². The van der Waals surface area contributed by atoms with Crippen LogP contribution in [-0.2, 0) is 11.3 Å². The molecule has 116 valence electrons. The van der Waals surface area contributed by atoms with Crippen LogP contribution in [0.25, 0.3) is 0 Å². The van der Waals surface area contributed by atoms with Crippen LogP contribution in [0, 0.1) is 0 Å². The lowest BCUT2D eigenvalue weighted by atomic mass is 10.1. The molecule has 0 bridgehead atoms. The largest absolute Gasteiger partial charge is 0.497 e. The summed E-state index contributed by atoms with van der Waals surface area (Å²) in [5.74, 6) is 1.44. The molecule has 0 aliphatic carbocycles. The van der Waals surface area contributed by atoms with Crippen molar-refractivity contribution in [2.24, 2.45) is 0 Å². The van der Waals surface area contributed by atoms with Gasteiger partial charge in [0.25, 0.3) is 0 Å². The van der Waals surface area contributed by atoms with Crippen molar-refractivity contribution in [3.8, 4) is 5.75 Å². The summed E-state index contributed by atoms with van der Waals surface area (Å²) in [6, 6.07) is 7.53. The molecular formula is C15H18N4O3. The van der Waals surface area contributed by atoms with Gasteiger partial charge in [-0.05, 0) is 17.7 Å². The highest BCUT2D eigenvalue weighted by molar-refractivity contribution is 5.79. The second kappa shape index (κ2) is 5.67. The first-order valence-electron chi connectivity index (χ1n) is 7.10. The molecule has 1 N–H and O–H groups in total. The third kappa shape index (κ3) is 2.61. The van der Waals surface area contributed by atoms with E-state index in [9.17, 15) is 9.59 Å². The summed E-state index contributed by atoms with van der Waals surface area (Å²) in [5, 5.41) is 6.61. The van der Waals surface area contributed by atoms with Crippen LogP contribution in [0.3, 0.4) is 0 Å². The standard InChI is InChI=1S/C15H18N4O3/c1-18-9-11(7-13(18)20)14-16-17-15(21)19(14)8-10-3-5-12(22-2)6-4-10/h3-6,11H,7-9H2,1-2H3,(H,17,21)/t11-/m0/s1. The number of aromatic nitrogens is 3. The van der Waals surface area contributed by atoms with E-state index in [1.165, 1.54) is 0 Å². The molecule has 1 saturated heterocycles. The van der Waals surface area contributed by atoms with E-state index in [1.807, 2.05) is 24.3 Å². The number of rotatable bonds is 4. The molecule has 1 fully saturated rings. The molecule has 7 heteroatoms. The topological polar surface area (TPSA) is 80.2 Å². The number of carbonyl (C=O) groups is 1. The second-order valence-electron chi connectivity index (χ2n) is 5.50. The maximum absolute atomic E-state index is 12.0. The van der Waals surface area contributed by atoms with Crippen LogP contribution in [0.4, 0.5) is 0 Å². The Kier molecular flexibility index (Phi) is 3.70. The molecule has 1 aromatic heterocycles. The molecule has 22 heavy (non-hydrogen) atoms. The zero-order valence-corrected chi connectivity index (χ0v) is 12.6. The minimum Gasteiger partial charge on any atom is -0.497 e. The van der Waals surface area contributed by atoms with Gasteiger partial charge in [0.15, 0.2) is 0 Å². The van der Waals surface area contributed by atoms with Gasteiger partial charge in [-0.1, -0.05) is 12.1 Å². The average Bonchev–Trinajstić information content (AvgIpc) is 3.04. The number of likely N-dealkylation sites (N-methyl/N-ethyl adjacent to an activating group) is 1. The summed E-state index contributed by atoms with van der Waals surface area (Å²) in [6.07, 6.45) is 0.392. The molecule has 3 rings (SSSR count). The highest BCUT2D eigenvalue weighted by Crippen LogP contribution is 2.25. The summed E-state index contributed by atoms with van der Waals surface area (Å²) in [4.78, 5) is 25.4. The Morgan fingerprint density at radius 3 is 2.64 bits per heavy atom. The highest BCUT2D eigenvalue weighted by Gasteiger charge is 2.31. The molecule has 0 radical (unpaired) electrons. The Balaban J connectivity index is 1.86. The maximum atomic E-state index is 12.0. The Bertz CT molecular complexity index is 732. The smallest absolute Gasteiger partial charge is 0.343 e. The minimum atomic E-state index is -0.257. The molecule has 0 saturated carbocycles. The van der Waals surface area contributed by atoms with E-state index in [-0.39, 0.29) is 17.5 Å². The Hall–Kier alpha value is -2.57. The number of nitrogens with zero attached hydrogens (tertiary/aromatic N) is 3. The number of ether oxygens (including phenoxy) is 1. The van der Waals surface area contributed by atoms with Crippen LogP contribution in [-0.4, -0.2) is 46.3 Å². The number of methoxy groups -OCH3 is 1. The number of nitrogens with one attached hydrogen (secondary N) is 1. The lowest BCUT2D eigenvalue weighted by Gasteiger charge is -2.11. The third-order valence-electron chi connectivity index (χ3n) is 3.99. The van der Waals surface area contributed by atoms with Gasteiger partial charge in [-0.15, -0.1) is 0 Å². The van der Waals surface area contributed by atoms with Gasteiger partial charge >= 0.3 is 5.69 Å². The Morgan fingerprint density at radius 2 is 2.05 bits per heavy atom. The lowest BCUT2D eigenvalue weighted by Crippen LogP contribution is -2.22. The zero-order valence-electron chi connectivity index (χ0n) is 12.6. The van der Waals surface area contributed by atoms with E-state index < -0.39 is 0 Å². The minimum absolute atomic E-state index is 0.0466. The van der Waals surface area contributed by atoms with Crippen molar-refractivity contribution in [2.75, 3.05) is 20.7 Å². The number of hydrogen-bond acceptors (Lipinski definition) is 4. The van der Waals surface area contributed by atoms with Crippen molar-refractivity contribution in [1.82, 2.24) is 19.7 Å². The molecular weight excluding hydrogens is 284 g/mol. The molecule has 1 atom stereocenters. The molecule has 7 nitrogen and oxygen atoms in total. The van der Waals surface area contributed by atoms with Crippen LogP contribution in [0.15, 0.2) is 29.1 Å². The quantitative estimate of drug-likeness (QED) is 0.895. The van der Waals surface area contributed by atoms with Crippen molar-refractivity contribution in [1.29, 1.82) is 0 Å². The summed E-state index contributed by atoms with van der Waals surface area (Å²) in [7, 11) is 3.38. The van der Waals surface area contributed by atoms with Crippen LogP contribution >= 0.6 is 0 Å². The van der Waals surface area contributed by atoms with Gasteiger partial charge in [-0.3, -0.25) is 9.36 Å². The lowest BCUT2D eigenvalue weighted by molar-refractivity contribution is -0.126. The Morgan fingerprint density at radius 1 is 1.32 bits per heavy atom. The average molecular weight is 302 g/mol. The van der Waals surface area contributed by atoms with Gasteiger partial charge < -0.3 is 9.64 Å². The molecule has 2 aromatic rings. The van der Waals surface area contributed by atoms with Crippen molar-refractivity contribution in [2.45, 2.75) is 18.9 Å². The number of H-pyrrole nitrogens is 1. The molecule has 0 unspecified atom stereocenters. The Labute approximate surface area is 127 Å². The number of hydrogen-bond donors (Lipinski definition) is 1. The molecule has 1 aliphatic rings. The number of carbonyl (C=O) groups excluding carboxylic acids is 1. The summed E-state index contributed by atoms with van der Waals surface area (Å²) in [6.45, 7) is 1.01. The normalized spacial score (nSPS) is 18.0. The van der Waals surface area contributed by atoms with E-state index in [4.69, 9.17) is 4.74 Å². The first-order chi connectivity index (χ1) is 10.6. The summed E-state index contributed by atoms with van der Waals surface area (Å²) in [5.41, 5.74) is 0.719. The molecule has 1 amide bonds. The predicted octanol–water partition coefficient (Wildman–Crippen LogP) is 0.574. The predicted molar refractivity (Wildman–Crippen MR) is 79.9 cm³/mol. The van der Waals surface area contributed by atoms with E-state index in [1.54, 1.807) is 23.6 Å². The van der Waals surface area contributed by atoms with Crippen molar-refractivity contribution in [3.05, 3.63) is 46.1 Å². The van der Waals surface area contributed by atoms with Gasteiger partial charge in [0, 0.05) is 25.9 Å². The summed E-state index contributed by atoms with van der Waals surface area (Å²) < 4.78 is 6.72. The summed E-state index contributed by atoms with van der Waals surface area (Å²) >= 11 is 0. The van der Waals surface area contributed by atoms with Crippen LogP contribution in [0.5, 0.6) is 5.75 Å². The van der Waals surface area contributed by atoms with E-state index in [0.717, 1.165) is 11.3 Å².